The highest BCUT2D eigenvalue weighted by Gasteiger charge is 2.34. The van der Waals surface area contributed by atoms with Gasteiger partial charge in [-0.25, -0.2) is 9.97 Å². The quantitative estimate of drug-likeness (QED) is 0.606. The summed E-state index contributed by atoms with van der Waals surface area (Å²) < 4.78 is 5.83. The Morgan fingerprint density at radius 1 is 1.20 bits per heavy atom. The predicted molar refractivity (Wildman–Crippen MR) is 139 cm³/mol. The fourth-order valence-corrected chi connectivity index (χ4v) is 6.78. The summed E-state index contributed by atoms with van der Waals surface area (Å²) in [7, 11) is 4.06. The van der Waals surface area contributed by atoms with E-state index in [0.29, 0.717) is 13.1 Å². The van der Waals surface area contributed by atoms with E-state index in [2.05, 4.69) is 37.3 Å². The van der Waals surface area contributed by atoms with E-state index in [4.69, 9.17) is 4.74 Å². The van der Waals surface area contributed by atoms with Crippen LogP contribution in [0.3, 0.4) is 0 Å². The van der Waals surface area contributed by atoms with Gasteiger partial charge in [-0.3, -0.25) is 9.79 Å². The average Bonchev–Trinajstić information content (AvgIpc) is 3.18. The summed E-state index contributed by atoms with van der Waals surface area (Å²) >= 11 is 1.70. The van der Waals surface area contributed by atoms with Crippen molar-refractivity contribution in [1.82, 2.24) is 14.9 Å². The van der Waals surface area contributed by atoms with Crippen molar-refractivity contribution in [2.24, 2.45) is 10.9 Å². The first-order valence-electron chi connectivity index (χ1n) is 12.2. The van der Waals surface area contributed by atoms with Crippen molar-refractivity contribution in [1.29, 1.82) is 0 Å². The highest BCUT2D eigenvalue weighted by molar-refractivity contribution is 7.19. The topological polar surface area (TPSA) is 83.0 Å². The number of carbonyl (C=O) groups excluding carboxylic acids is 1. The Bertz CT molecular complexity index is 1440. The standard InChI is InChI=1S/C26H30N6O2S/c1-14-11-32(12-15(2)34-14)26(33)16-5-6-18-22(8-16)35-25-23(18)24(28-13-29-25)30-20-7-17-10-27-19(17)9-21(20)31(3)4/h7,9-10,13-16H,5-6,8,11-12H2,1-4H3,(H,28,29,30). The van der Waals surface area contributed by atoms with E-state index in [1.54, 1.807) is 17.7 Å². The Balaban J connectivity index is 1.30. The third-order valence-electron chi connectivity index (χ3n) is 7.15. The Labute approximate surface area is 208 Å². The first kappa shape index (κ1) is 22.4. The molecule has 2 aromatic heterocycles. The van der Waals surface area contributed by atoms with Gasteiger partial charge in [0, 0.05) is 49.4 Å². The lowest BCUT2D eigenvalue weighted by molar-refractivity contribution is -0.147. The molecule has 1 fully saturated rings. The lowest BCUT2D eigenvalue weighted by Crippen LogP contribution is -2.50. The normalized spacial score (nSPS) is 23.0. The zero-order chi connectivity index (χ0) is 24.3. The fraction of sp³-hybridized carbons (Fsp3) is 0.462. The van der Waals surface area contributed by atoms with Crippen LogP contribution in [0.25, 0.3) is 16.4 Å². The second-order valence-electron chi connectivity index (χ2n) is 10.1. The number of anilines is 3. The third kappa shape index (κ3) is 3.96. The number of carbonyl (C=O) groups is 1. The minimum atomic E-state index is 0.0185. The summed E-state index contributed by atoms with van der Waals surface area (Å²) in [5, 5.41) is 6.83. The number of hydrogen-bond acceptors (Lipinski definition) is 8. The zero-order valence-corrected chi connectivity index (χ0v) is 21.4. The van der Waals surface area contributed by atoms with Gasteiger partial charge in [-0.2, -0.15) is 0 Å². The van der Waals surface area contributed by atoms with E-state index >= 15 is 0 Å². The summed E-state index contributed by atoms with van der Waals surface area (Å²) in [6.07, 6.45) is 6.17. The van der Waals surface area contributed by atoms with Gasteiger partial charge in [0.1, 0.15) is 17.0 Å². The Morgan fingerprint density at radius 2 is 2.00 bits per heavy atom. The number of nitrogens with one attached hydrogen (secondary N) is 1. The number of nitrogens with zero attached hydrogens (tertiary/aromatic N) is 5. The summed E-state index contributed by atoms with van der Waals surface area (Å²) in [6, 6.07) is 4.23. The van der Waals surface area contributed by atoms with Crippen LogP contribution in [0.4, 0.5) is 17.2 Å². The number of aromatic nitrogens is 2. The molecule has 9 heteroatoms. The maximum absolute atomic E-state index is 13.4. The highest BCUT2D eigenvalue weighted by atomic mass is 32.1. The van der Waals surface area contributed by atoms with Crippen molar-refractivity contribution in [3.8, 4) is 0 Å². The van der Waals surface area contributed by atoms with Crippen molar-refractivity contribution >= 4 is 50.9 Å². The Kier molecular flexibility index (Phi) is 5.49. The number of fused-ring (bicyclic) bond motifs is 4. The van der Waals surface area contributed by atoms with Gasteiger partial charge in [0.05, 0.1) is 34.3 Å². The Morgan fingerprint density at radius 3 is 2.71 bits per heavy atom. The van der Waals surface area contributed by atoms with Crippen LogP contribution >= 0.6 is 11.3 Å². The second kappa shape index (κ2) is 8.57. The minimum Gasteiger partial charge on any atom is -0.376 e. The SMILES string of the molecule is CC1CN(C(=O)C2CCc3c(sc4ncnc(Nc5cc6c(cc5N(C)C)=NC=6)c34)C2)CC(C)O1. The molecule has 3 unspecified atom stereocenters. The molecule has 0 saturated carbocycles. The van der Waals surface area contributed by atoms with E-state index in [0.717, 1.165) is 57.2 Å². The lowest BCUT2D eigenvalue weighted by Gasteiger charge is -2.37. The van der Waals surface area contributed by atoms with Gasteiger partial charge in [0.25, 0.3) is 0 Å². The molecule has 1 aliphatic carbocycles. The molecule has 0 radical (unpaired) electrons. The molecule has 8 nitrogen and oxygen atoms in total. The molecule has 1 aromatic carbocycles. The molecule has 3 atom stereocenters. The molecular formula is C26H30N6O2S. The van der Waals surface area contributed by atoms with Crippen LogP contribution in [0.1, 0.15) is 30.7 Å². The largest absolute Gasteiger partial charge is 0.376 e. The zero-order valence-electron chi connectivity index (χ0n) is 20.5. The second-order valence-corrected chi connectivity index (χ2v) is 11.1. The number of hydrogen-bond donors (Lipinski definition) is 1. The number of amides is 1. The van der Waals surface area contributed by atoms with E-state index in [9.17, 15) is 4.79 Å². The molecule has 182 valence electrons. The molecule has 1 N–H and O–H groups in total. The van der Waals surface area contributed by atoms with Gasteiger partial charge in [-0.05, 0) is 50.8 Å². The predicted octanol–water partition coefficient (Wildman–Crippen LogP) is 2.61. The number of aryl methyl sites for hydroxylation is 1. The average molecular weight is 491 g/mol. The van der Waals surface area contributed by atoms with Gasteiger partial charge in [0.2, 0.25) is 5.91 Å². The van der Waals surface area contributed by atoms with Gasteiger partial charge >= 0.3 is 0 Å². The summed E-state index contributed by atoms with van der Waals surface area (Å²) in [5.41, 5.74) is 3.35. The fourth-order valence-electron chi connectivity index (χ4n) is 5.51. The molecule has 2 aliphatic heterocycles. The van der Waals surface area contributed by atoms with Gasteiger partial charge < -0.3 is 19.9 Å². The van der Waals surface area contributed by atoms with Crippen LogP contribution in [-0.4, -0.2) is 60.2 Å². The van der Waals surface area contributed by atoms with Crippen molar-refractivity contribution in [2.45, 2.75) is 45.3 Å². The van der Waals surface area contributed by atoms with Crippen LogP contribution in [-0.2, 0) is 22.4 Å². The molecular weight excluding hydrogens is 460 g/mol. The maximum Gasteiger partial charge on any atom is 0.226 e. The number of rotatable bonds is 4. The van der Waals surface area contributed by atoms with Crippen molar-refractivity contribution in [3.63, 3.8) is 0 Å². The van der Waals surface area contributed by atoms with E-state index in [1.807, 2.05) is 39.0 Å². The molecule has 0 spiro atoms. The molecule has 1 amide bonds. The third-order valence-corrected chi connectivity index (χ3v) is 8.31. The van der Waals surface area contributed by atoms with Crippen LogP contribution in [0.5, 0.6) is 0 Å². The molecule has 1 saturated heterocycles. The van der Waals surface area contributed by atoms with Gasteiger partial charge in [-0.15, -0.1) is 11.3 Å². The Hall–Kier alpha value is -3.04. The van der Waals surface area contributed by atoms with E-state index in [1.165, 1.54) is 10.4 Å². The van der Waals surface area contributed by atoms with Crippen LogP contribution in [0.15, 0.2) is 23.5 Å². The maximum atomic E-state index is 13.4. The number of thiophene rings is 1. The number of ether oxygens (including phenoxy) is 1. The summed E-state index contributed by atoms with van der Waals surface area (Å²) in [4.78, 5) is 33.3. The van der Waals surface area contributed by atoms with Gasteiger partial charge in [-0.1, -0.05) is 0 Å². The monoisotopic (exact) mass is 490 g/mol. The first-order chi connectivity index (χ1) is 16.9. The summed E-state index contributed by atoms with van der Waals surface area (Å²) in [5.74, 6) is 1.11. The molecule has 6 rings (SSSR count). The van der Waals surface area contributed by atoms with Crippen molar-refractivity contribution in [3.05, 3.63) is 39.5 Å². The van der Waals surface area contributed by atoms with Crippen LogP contribution < -0.4 is 20.8 Å². The van der Waals surface area contributed by atoms with Crippen LogP contribution in [0, 0.1) is 5.92 Å². The van der Waals surface area contributed by atoms with E-state index < -0.39 is 0 Å². The molecule has 0 bridgehead atoms. The number of benzene rings is 1. The highest BCUT2D eigenvalue weighted by Crippen LogP contribution is 2.41. The first-order valence-corrected chi connectivity index (χ1v) is 13.0. The summed E-state index contributed by atoms with van der Waals surface area (Å²) in [6.45, 7) is 5.44. The van der Waals surface area contributed by atoms with E-state index in [-0.39, 0.29) is 24.0 Å². The van der Waals surface area contributed by atoms with Crippen molar-refractivity contribution < 1.29 is 9.53 Å². The van der Waals surface area contributed by atoms with Gasteiger partial charge in [0.15, 0.2) is 0 Å². The smallest absolute Gasteiger partial charge is 0.226 e. The van der Waals surface area contributed by atoms with Crippen LogP contribution in [0.2, 0.25) is 0 Å². The lowest BCUT2D eigenvalue weighted by atomic mass is 9.86. The van der Waals surface area contributed by atoms with Crippen molar-refractivity contribution in [2.75, 3.05) is 37.4 Å². The number of morpholine rings is 1. The molecule has 3 aromatic rings. The molecule has 3 aliphatic rings. The molecule has 35 heavy (non-hydrogen) atoms. The molecule has 4 heterocycles. The minimum absolute atomic E-state index is 0.0185.